The molecule has 0 aliphatic heterocycles. The van der Waals surface area contributed by atoms with Crippen molar-refractivity contribution in [2.24, 2.45) is 0 Å². The summed E-state index contributed by atoms with van der Waals surface area (Å²) >= 11 is 3.22. The lowest BCUT2D eigenvalue weighted by atomic mass is 10.2. The molecule has 2 aromatic rings. The molecule has 0 saturated carbocycles. The summed E-state index contributed by atoms with van der Waals surface area (Å²) in [6.07, 6.45) is 0. The molecule has 0 saturated heterocycles. The second-order valence-electron chi connectivity index (χ2n) is 3.80. The fraction of sp³-hybridized carbons (Fsp3) is 0.182. The number of benzene rings is 1. The maximum absolute atomic E-state index is 13.5. The zero-order chi connectivity index (χ0) is 13.4. The molecule has 1 aromatic heterocycles. The molecular weight excluding hydrogens is 311 g/mol. The molecule has 7 heteroatoms. The van der Waals surface area contributed by atoms with Gasteiger partial charge in [0.25, 0.3) is 0 Å². The summed E-state index contributed by atoms with van der Waals surface area (Å²) in [5.74, 6) is -2.86. The molecule has 0 radical (unpaired) electrons. The standard InChI is InChI=1S/C11H9BrF3N3/c1-5-10(12)11(16)18(17-5)4-6-2-8(14)9(15)3-7(6)13/h2-3H,4,16H2,1H3. The quantitative estimate of drug-likeness (QED) is 0.865. The third kappa shape index (κ3) is 2.22. The maximum atomic E-state index is 13.5. The van der Waals surface area contributed by atoms with E-state index in [1.807, 2.05) is 0 Å². The summed E-state index contributed by atoms with van der Waals surface area (Å²) in [4.78, 5) is 0. The molecule has 0 spiro atoms. The zero-order valence-corrected chi connectivity index (χ0v) is 10.9. The number of nitrogens with two attached hydrogens (primary N) is 1. The van der Waals surface area contributed by atoms with E-state index in [1.165, 1.54) is 4.68 Å². The van der Waals surface area contributed by atoms with Gasteiger partial charge in [-0.05, 0) is 28.9 Å². The van der Waals surface area contributed by atoms with E-state index in [1.54, 1.807) is 6.92 Å². The van der Waals surface area contributed by atoms with E-state index in [9.17, 15) is 13.2 Å². The normalized spacial score (nSPS) is 10.9. The van der Waals surface area contributed by atoms with Gasteiger partial charge in [0.15, 0.2) is 11.6 Å². The molecule has 1 heterocycles. The van der Waals surface area contributed by atoms with E-state index in [0.717, 1.165) is 6.07 Å². The van der Waals surface area contributed by atoms with Crippen molar-refractivity contribution in [1.82, 2.24) is 9.78 Å². The van der Waals surface area contributed by atoms with Crippen LogP contribution in [0, 0.1) is 24.4 Å². The predicted molar refractivity (Wildman–Crippen MR) is 64.5 cm³/mol. The lowest BCUT2D eigenvalue weighted by Gasteiger charge is -2.06. The van der Waals surface area contributed by atoms with Crippen LogP contribution in [0.2, 0.25) is 0 Å². The third-order valence-electron chi connectivity index (χ3n) is 2.50. The molecule has 0 amide bonds. The maximum Gasteiger partial charge on any atom is 0.161 e. The van der Waals surface area contributed by atoms with Gasteiger partial charge in [-0.25, -0.2) is 17.9 Å². The highest BCUT2D eigenvalue weighted by molar-refractivity contribution is 9.10. The number of nitrogen functional groups attached to an aromatic ring is 1. The topological polar surface area (TPSA) is 43.8 Å². The van der Waals surface area contributed by atoms with Gasteiger partial charge in [0.2, 0.25) is 0 Å². The fourth-order valence-corrected chi connectivity index (χ4v) is 1.83. The third-order valence-corrected chi connectivity index (χ3v) is 3.48. The van der Waals surface area contributed by atoms with Crippen molar-refractivity contribution in [2.45, 2.75) is 13.5 Å². The van der Waals surface area contributed by atoms with Crippen LogP contribution in [-0.2, 0) is 6.54 Å². The Hall–Kier alpha value is -1.50. The Balaban J connectivity index is 2.40. The number of halogens is 4. The SMILES string of the molecule is Cc1nn(Cc2cc(F)c(F)cc2F)c(N)c1Br. The molecule has 0 atom stereocenters. The molecule has 2 N–H and O–H groups in total. The van der Waals surface area contributed by atoms with E-state index < -0.39 is 17.5 Å². The first-order chi connectivity index (χ1) is 8.40. The van der Waals surface area contributed by atoms with E-state index in [-0.39, 0.29) is 12.1 Å². The second-order valence-corrected chi connectivity index (χ2v) is 4.59. The Kier molecular flexibility index (Phi) is 3.34. The summed E-state index contributed by atoms with van der Waals surface area (Å²) in [6.45, 7) is 1.65. The first kappa shape index (κ1) is 12.9. The van der Waals surface area contributed by atoms with Crippen LogP contribution in [0.1, 0.15) is 11.3 Å². The number of hydrogen-bond donors (Lipinski definition) is 1. The van der Waals surface area contributed by atoms with Crippen LogP contribution in [0.4, 0.5) is 19.0 Å². The van der Waals surface area contributed by atoms with Gasteiger partial charge in [-0.3, -0.25) is 0 Å². The van der Waals surface area contributed by atoms with Crippen LogP contribution < -0.4 is 5.73 Å². The van der Waals surface area contributed by atoms with Gasteiger partial charge in [-0.2, -0.15) is 5.10 Å². The molecule has 0 aliphatic rings. The van der Waals surface area contributed by atoms with Crippen molar-refractivity contribution in [3.05, 3.63) is 45.3 Å². The number of aromatic nitrogens is 2. The van der Waals surface area contributed by atoms with Gasteiger partial charge in [0.05, 0.1) is 16.7 Å². The predicted octanol–water partition coefficient (Wildman–Crippen LogP) is 3.00. The molecule has 96 valence electrons. The summed E-state index contributed by atoms with van der Waals surface area (Å²) in [5, 5.41) is 4.06. The van der Waals surface area contributed by atoms with Crippen LogP contribution in [0.5, 0.6) is 0 Å². The van der Waals surface area contributed by atoms with Crippen LogP contribution in [-0.4, -0.2) is 9.78 Å². The number of hydrogen-bond acceptors (Lipinski definition) is 2. The second kappa shape index (κ2) is 4.64. The smallest absolute Gasteiger partial charge is 0.161 e. The molecule has 1 aromatic carbocycles. The minimum atomic E-state index is -1.22. The highest BCUT2D eigenvalue weighted by Crippen LogP contribution is 2.24. The van der Waals surface area contributed by atoms with Crippen molar-refractivity contribution in [1.29, 1.82) is 0 Å². The molecular formula is C11H9BrF3N3. The Morgan fingerprint density at radius 2 is 1.83 bits per heavy atom. The van der Waals surface area contributed by atoms with Crippen molar-refractivity contribution in [3.8, 4) is 0 Å². The van der Waals surface area contributed by atoms with Crippen molar-refractivity contribution in [2.75, 3.05) is 5.73 Å². The Morgan fingerprint density at radius 1 is 1.22 bits per heavy atom. The molecule has 0 fully saturated rings. The van der Waals surface area contributed by atoms with Crippen molar-refractivity contribution < 1.29 is 13.2 Å². The highest BCUT2D eigenvalue weighted by Gasteiger charge is 2.14. The van der Waals surface area contributed by atoms with E-state index in [0.29, 0.717) is 22.1 Å². The Bertz CT molecular complexity index is 610. The molecule has 0 unspecified atom stereocenters. The first-order valence-corrected chi connectivity index (χ1v) is 5.81. The highest BCUT2D eigenvalue weighted by atomic mass is 79.9. The number of aryl methyl sites for hydroxylation is 1. The minimum absolute atomic E-state index is 0.0180. The van der Waals surface area contributed by atoms with E-state index >= 15 is 0 Å². The van der Waals surface area contributed by atoms with Gasteiger partial charge in [-0.15, -0.1) is 0 Å². The summed E-state index contributed by atoms with van der Waals surface area (Å²) in [6, 6.07) is 1.31. The number of nitrogens with zero attached hydrogens (tertiary/aromatic N) is 2. The summed E-state index contributed by atoms with van der Waals surface area (Å²) < 4.78 is 41.2. The Labute approximate surface area is 110 Å². The average molecular weight is 320 g/mol. The first-order valence-electron chi connectivity index (χ1n) is 5.02. The molecule has 3 nitrogen and oxygen atoms in total. The zero-order valence-electron chi connectivity index (χ0n) is 9.35. The molecule has 0 bridgehead atoms. The monoisotopic (exact) mass is 319 g/mol. The minimum Gasteiger partial charge on any atom is -0.383 e. The van der Waals surface area contributed by atoms with Gasteiger partial charge < -0.3 is 5.73 Å². The summed E-state index contributed by atoms with van der Waals surface area (Å²) in [7, 11) is 0. The average Bonchev–Trinajstić information content (AvgIpc) is 2.54. The van der Waals surface area contributed by atoms with Crippen LogP contribution >= 0.6 is 15.9 Å². The van der Waals surface area contributed by atoms with Crippen molar-refractivity contribution in [3.63, 3.8) is 0 Å². The van der Waals surface area contributed by atoms with Crippen LogP contribution in [0.15, 0.2) is 16.6 Å². The lowest BCUT2D eigenvalue weighted by molar-refractivity contribution is 0.486. The van der Waals surface area contributed by atoms with Gasteiger partial charge in [0.1, 0.15) is 11.6 Å². The van der Waals surface area contributed by atoms with Crippen LogP contribution in [0.3, 0.4) is 0 Å². The van der Waals surface area contributed by atoms with Gasteiger partial charge in [-0.1, -0.05) is 0 Å². The van der Waals surface area contributed by atoms with Crippen LogP contribution in [0.25, 0.3) is 0 Å². The van der Waals surface area contributed by atoms with Gasteiger partial charge in [0, 0.05) is 11.6 Å². The van der Waals surface area contributed by atoms with E-state index in [4.69, 9.17) is 5.73 Å². The van der Waals surface area contributed by atoms with Crippen molar-refractivity contribution >= 4 is 21.7 Å². The summed E-state index contributed by atoms with van der Waals surface area (Å²) in [5.41, 5.74) is 6.35. The molecule has 2 rings (SSSR count). The largest absolute Gasteiger partial charge is 0.383 e. The number of anilines is 1. The fourth-order valence-electron chi connectivity index (χ4n) is 1.54. The molecule has 18 heavy (non-hydrogen) atoms. The lowest BCUT2D eigenvalue weighted by Crippen LogP contribution is -2.08. The van der Waals surface area contributed by atoms with Gasteiger partial charge >= 0.3 is 0 Å². The Morgan fingerprint density at radius 3 is 2.39 bits per heavy atom. The van der Waals surface area contributed by atoms with E-state index in [2.05, 4.69) is 21.0 Å². The number of rotatable bonds is 2. The molecule has 0 aliphatic carbocycles.